The van der Waals surface area contributed by atoms with Gasteiger partial charge in [-0.05, 0) is 18.0 Å². The molecule has 1 atom stereocenters. The molecule has 130 valence electrons. The average Bonchev–Trinajstić information content (AvgIpc) is 2.52. The third kappa shape index (κ3) is 2.47. The molecular weight excluding hydrogens is 372 g/mol. The Balaban J connectivity index is 3.04. The molecule has 11 heteroatoms. The molecule has 0 aromatic heterocycles. The molecule has 0 bridgehead atoms. The van der Waals surface area contributed by atoms with Crippen LogP contribution in [0.1, 0.15) is 5.56 Å². The van der Waals surface area contributed by atoms with E-state index in [0.29, 0.717) is 6.92 Å². The Bertz CT molecular complexity index is 839. The van der Waals surface area contributed by atoms with Crippen LogP contribution in [0.15, 0.2) is 4.90 Å². The van der Waals surface area contributed by atoms with Crippen LogP contribution in [-0.2, 0) is 11.1 Å². The number of hydrogen-bond acceptors (Lipinski definition) is 2. The number of rotatable bonds is 2. The lowest BCUT2D eigenvalue weighted by molar-refractivity contribution is 0.412. The molecule has 2 aromatic rings. The van der Waals surface area contributed by atoms with Gasteiger partial charge in [0.2, 0.25) is 0 Å². The van der Waals surface area contributed by atoms with Gasteiger partial charge in [-0.25, -0.2) is 35.1 Å². The Hall–Kier alpha value is -2.01. The molecule has 2 rings (SSSR count). The van der Waals surface area contributed by atoms with Crippen molar-refractivity contribution in [2.75, 3.05) is 0 Å². The van der Waals surface area contributed by atoms with Gasteiger partial charge in [0.1, 0.15) is 4.90 Å². The number of halogens is 8. The average molecular weight is 375 g/mol. The molecule has 2 nitrogen and oxygen atoms in total. The predicted octanol–water partition coefficient (Wildman–Crippen LogP) is 4.01. The van der Waals surface area contributed by atoms with E-state index in [-0.39, 0.29) is 0 Å². The smallest absolute Gasteiger partial charge is 0.177 e. The Morgan fingerprint density at radius 2 is 0.917 bits per heavy atom. The van der Waals surface area contributed by atoms with Gasteiger partial charge in [0.25, 0.3) is 0 Å². The molecule has 0 spiro atoms. The van der Waals surface area contributed by atoms with Crippen molar-refractivity contribution < 1.29 is 43.9 Å². The minimum Gasteiger partial charge on any atom is -0.768 e. The largest absolute Gasteiger partial charge is 0.768 e. The van der Waals surface area contributed by atoms with E-state index in [4.69, 9.17) is 0 Å². The van der Waals surface area contributed by atoms with Crippen LogP contribution in [0, 0.1) is 53.5 Å². The highest BCUT2D eigenvalue weighted by molar-refractivity contribution is 7.79. The topological polar surface area (TPSA) is 40.1 Å². The van der Waals surface area contributed by atoms with Crippen molar-refractivity contribution in [2.45, 2.75) is 11.8 Å². The van der Waals surface area contributed by atoms with Crippen LogP contribution in [0.2, 0.25) is 0 Å². The summed E-state index contributed by atoms with van der Waals surface area (Å²) in [7, 11) is 0. The number of hydrogen-bond donors (Lipinski definition) is 0. The maximum atomic E-state index is 13.8. The summed E-state index contributed by atoms with van der Waals surface area (Å²) in [5, 5.41) is 0. The van der Waals surface area contributed by atoms with E-state index in [1.807, 2.05) is 0 Å². The van der Waals surface area contributed by atoms with Gasteiger partial charge in [-0.15, -0.1) is 0 Å². The van der Waals surface area contributed by atoms with Crippen molar-refractivity contribution >= 4 is 11.1 Å². The molecular formula is C13H3F8O2S-. The fourth-order valence-corrected chi connectivity index (χ4v) is 2.41. The van der Waals surface area contributed by atoms with Gasteiger partial charge in [-0.2, -0.15) is 0 Å². The van der Waals surface area contributed by atoms with Crippen molar-refractivity contribution in [3.8, 4) is 11.1 Å². The zero-order valence-corrected chi connectivity index (χ0v) is 12.1. The first kappa shape index (κ1) is 18.3. The van der Waals surface area contributed by atoms with Gasteiger partial charge >= 0.3 is 0 Å². The third-order valence-electron chi connectivity index (χ3n) is 3.12. The van der Waals surface area contributed by atoms with Crippen molar-refractivity contribution in [1.82, 2.24) is 0 Å². The fourth-order valence-electron chi connectivity index (χ4n) is 1.94. The normalized spacial score (nSPS) is 12.6. The van der Waals surface area contributed by atoms with E-state index >= 15 is 0 Å². The van der Waals surface area contributed by atoms with Crippen molar-refractivity contribution in [2.24, 2.45) is 0 Å². The summed E-state index contributed by atoms with van der Waals surface area (Å²) in [6, 6.07) is 0. The van der Waals surface area contributed by atoms with Crippen LogP contribution in [0.4, 0.5) is 35.1 Å². The van der Waals surface area contributed by atoms with Crippen molar-refractivity contribution in [1.29, 1.82) is 0 Å². The van der Waals surface area contributed by atoms with Gasteiger partial charge in [0.15, 0.2) is 46.5 Å². The first-order chi connectivity index (χ1) is 11.0. The number of benzene rings is 2. The van der Waals surface area contributed by atoms with E-state index in [2.05, 4.69) is 0 Å². The molecule has 2 aromatic carbocycles. The minimum atomic E-state index is -3.78. The van der Waals surface area contributed by atoms with Crippen LogP contribution in [-0.4, -0.2) is 8.76 Å². The van der Waals surface area contributed by atoms with Crippen LogP contribution in [0.5, 0.6) is 0 Å². The lowest BCUT2D eigenvalue weighted by atomic mass is 9.99. The van der Waals surface area contributed by atoms with Crippen LogP contribution in [0.3, 0.4) is 0 Å². The summed E-state index contributed by atoms with van der Waals surface area (Å²) in [6.45, 7) is 0.609. The summed E-state index contributed by atoms with van der Waals surface area (Å²) < 4.78 is 131. The summed E-state index contributed by atoms with van der Waals surface area (Å²) in [5.41, 5.74) is -5.34. The van der Waals surface area contributed by atoms with Gasteiger partial charge in [0.05, 0.1) is 11.1 Å². The highest BCUT2D eigenvalue weighted by Crippen LogP contribution is 2.38. The van der Waals surface area contributed by atoms with Gasteiger partial charge in [-0.3, -0.25) is 4.21 Å². The third-order valence-corrected chi connectivity index (χ3v) is 3.81. The van der Waals surface area contributed by atoms with Gasteiger partial charge < -0.3 is 4.55 Å². The van der Waals surface area contributed by atoms with E-state index < -0.39 is 79.2 Å². The Morgan fingerprint density at radius 3 is 1.21 bits per heavy atom. The SMILES string of the molecule is Cc1c(F)c(F)c(-c2c(F)c(F)c(S(=O)[O-])c(F)c2F)c(F)c1F. The van der Waals surface area contributed by atoms with E-state index in [1.54, 1.807) is 0 Å². The quantitative estimate of drug-likeness (QED) is 0.452. The van der Waals surface area contributed by atoms with Gasteiger partial charge in [0, 0.05) is 5.56 Å². The summed E-state index contributed by atoms with van der Waals surface area (Å²) in [5.74, 6) is -18.8. The monoisotopic (exact) mass is 375 g/mol. The molecule has 0 radical (unpaired) electrons. The molecule has 0 saturated carbocycles. The Morgan fingerprint density at radius 1 is 0.625 bits per heavy atom. The highest BCUT2D eigenvalue weighted by atomic mass is 32.2. The molecule has 0 saturated heterocycles. The summed E-state index contributed by atoms with van der Waals surface area (Å²) in [4.78, 5) is -2.07. The molecule has 0 aliphatic rings. The molecule has 24 heavy (non-hydrogen) atoms. The zero-order chi connectivity index (χ0) is 18.5. The second kappa shape index (κ2) is 6.13. The molecule has 0 aliphatic carbocycles. The predicted molar refractivity (Wildman–Crippen MR) is 63.5 cm³/mol. The second-order valence-corrected chi connectivity index (χ2v) is 5.33. The molecule has 0 heterocycles. The maximum absolute atomic E-state index is 13.8. The molecule has 0 fully saturated rings. The van der Waals surface area contributed by atoms with E-state index in [9.17, 15) is 43.9 Å². The van der Waals surface area contributed by atoms with Gasteiger partial charge in [-0.1, -0.05) is 0 Å². The molecule has 0 aliphatic heterocycles. The van der Waals surface area contributed by atoms with Crippen LogP contribution >= 0.6 is 0 Å². The molecule has 0 N–H and O–H groups in total. The standard InChI is InChI=1S/C13H4F8O2S/c1-2-5(14)7(16)3(8(17)6(2)15)4-9(18)11(20)13(24(22)23)12(21)10(4)19/h1H3,(H,22,23)/p-1. The van der Waals surface area contributed by atoms with Crippen LogP contribution < -0.4 is 0 Å². The Labute approximate surface area is 131 Å². The summed E-state index contributed by atoms with van der Waals surface area (Å²) in [6.07, 6.45) is 0. The van der Waals surface area contributed by atoms with Crippen molar-refractivity contribution in [3.63, 3.8) is 0 Å². The molecule has 0 amide bonds. The van der Waals surface area contributed by atoms with E-state index in [0.717, 1.165) is 0 Å². The minimum absolute atomic E-state index is 0.609. The highest BCUT2D eigenvalue weighted by Gasteiger charge is 2.33. The summed E-state index contributed by atoms with van der Waals surface area (Å²) >= 11 is -3.78. The second-order valence-electron chi connectivity index (χ2n) is 4.45. The lowest BCUT2D eigenvalue weighted by Crippen LogP contribution is -2.11. The fraction of sp³-hybridized carbons (Fsp3) is 0.0769. The van der Waals surface area contributed by atoms with Crippen LogP contribution in [0.25, 0.3) is 11.1 Å². The lowest BCUT2D eigenvalue weighted by Gasteiger charge is -2.15. The Kier molecular flexibility index (Phi) is 4.68. The molecule has 1 unspecified atom stereocenters. The first-order valence-corrected chi connectivity index (χ1v) is 6.87. The maximum Gasteiger partial charge on any atom is 0.177 e. The van der Waals surface area contributed by atoms with E-state index in [1.165, 1.54) is 0 Å². The first-order valence-electron chi connectivity index (χ1n) is 5.80. The van der Waals surface area contributed by atoms with Crippen molar-refractivity contribution in [3.05, 3.63) is 52.1 Å². The zero-order valence-electron chi connectivity index (χ0n) is 11.2.